The quantitative estimate of drug-likeness (QED) is 0.602. The van der Waals surface area contributed by atoms with E-state index in [1.807, 2.05) is 0 Å². The van der Waals surface area contributed by atoms with Crippen molar-refractivity contribution < 1.29 is 14.3 Å². The van der Waals surface area contributed by atoms with Gasteiger partial charge in [0.05, 0.1) is 6.54 Å². The molecule has 0 aromatic carbocycles. The predicted octanol–water partition coefficient (Wildman–Crippen LogP) is 2.76. The molecule has 1 rings (SSSR count). The highest BCUT2D eigenvalue weighted by Crippen LogP contribution is 2.37. The van der Waals surface area contributed by atoms with Crippen LogP contribution in [0.5, 0.6) is 0 Å². The molecule has 0 unspecified atom stereocenters. The number of ether oxygens (including phenoxy) is 1. The van der Waals surface area contributed by atoms with Crippen molar-refractivity contribution in [1.82, 2.24) is 5.32 Å². The Morgan fingerprint density at radius 2 is 2.00 bits per heavy atom. The van der Waals surface area contributed by atoms with E-state index in [1.165, 1.54) is 6.42 Å². The summed E-state index contributed by atoms with van der Waals surface area (Å²) < 4.78 is 4.97. The molecule has 1 aliphatic rings. The van der Waals surface area contributed by atoms with Crippen LogP contribution in [0.4, 0.5) is 0 Å². The van der Waals surface area contributed by atoms with Gasteiger partial charge in [0.15, 0.2) is 0 Å². The van der Waals surface area contributed by atoms with Gasteiger partial charge in [-0.05, 0) is 30.6 Å². The molecule has 1 fully saturated rings. The van der Waals surface area contributed by atoms with Crippen molar-refractivity contribution in [1.29, 1.82) is 0 Å². The summed E-state index contributed by atoms with van der Waals surface area (Å²) in [5.41, 5.74) is 0. The van der Waals surface area contributed by atoms with E-state index < -0.39 is 0 Å². The second-order valence-corrected chi connectivity index (χ2v) is 6.30. The highest BCUT2D eigenvalue weighted by molar-refractivity contribution is 5.79. The third-order valence-corrected chi connectivity index (χ3v) is 4.31. The Kier molecular flexibility index (Phi) is 7.03. The average molecular weight is 283 g/mol. The van der Waals surface area contributed by atoms with Gasteiger partial charge in [0.1, 0.15) is 6.61 Å². The average Bonchev–Trinajstić information content (AvgIpc) is 2.42. The van der Waals surface area contributed by atoms with Crippen LogP contribution in [0.25, 0.3) is 0 Å². The Morgan fingerprint density at radius 1 is 1.30 bits per heavy atom. The van der Waals surface area contributed by atoms with Crippen molar-refractivity contribution in [2.24, 2.45) is 23.7 Å². The van der Waals surface area contributed by atoms with E-state index in [9.17, 15) is 9.59 Å². The van der Waals surface area contributed by atoms with Crippen LogP contribution in [0.3, 0.4) is 0 Å². The van der Waals surface area contributed by atoms with Crippen molar-refractivity contribution in [2.45, 2.75) is 53.4 Å². The molecule has 3 atom stereocenters. The Bertz CT molecular complexity index is 328. The molecule has 0 saturated heterocycles. The molecule has 1 saturated carbocycles. The topological polar surface area (TPSA) is 55.4 Å². The second-order valence-electron chi connectivity index (χ2n) is 6.30. The zero-order valence-electron chi connectivity index (χ0n) is 13.3. The number of esters is 1. The number of hydrogen-bond donors (Lipinski definition) is 1. The lowest BCUT2D eigenvalue weighted by molar-refractivity contribution is -0.143. The summed E-state index contributed by atoms with van der Waals surface area (Å²) in [5, 5.41) is 2.92. The Morgan fingerprint density at radius 3 is 2.60 bits per heavy atom. The monoisotopic (exact) mass is 283 g/mol. The maximum Gasteiger partial charge on any atom is 0.305 e. The first kappa shape index (κ1) is 17.0. The normalized spacial score (nSPS) is 26.4. The van der Waals surface area contributed by atoms with Gasteiger partial charge in [-0.1, -0.05) is 34.1 Å². The van der Waals surface area contributed by atoms with Gasteiger partial charge in [-0.25, -0.2) is 0 Å². The van der Waals surface area contributed by atoms with Crippen molar-refractivity contribution in [3.8, 4) is 0 Å². The Labute approximate surface area is 122 Å². The van der Waals surface area contributed by atoms with Gasteiger partial charge in [0, 0.05) is 12.3 Å². The van der Waals surface area contributed by atoms with E-state index >= 15 is 0 Å². The maximum absolute atomic E-state index is 12.3. The van der Waals surface area contributed by atoms with Crippen LogP contribution in [-0.4, -0.2) is 25.0 Å². The molecule has 1 amide bonds. The van der Waals surface area contributed by atoms with Crippen LogP contribution in [0, 0.1) is 23.7 Å². The van der Waals surface area contributed by atoms with E-state index in [1.54, 1.807) is 6.92 Å². The minimum atomic E-state index is -0.217. The summed E-state index contributed by atoms with van der Waals surface area (Å²) in [5.74, 6) is 1.66. The van der Waals surface area contributed by atoms with Crippen LogP contribution >= 0.6 is 0 Å². The van der Waals surface area contributed by atoms with Crippen LogP contribution in [0.2, 0.25) is 0 Å². The lowest BCUT2D eigenvalue weighted by Gasteiger charge is -2.36. The van der Waals surface area contributed by atoms with Crippen LogP contribution < -0.4 is 5.32 Å². The zero-order chi connectivity index (χ0) is 15.1. The molecular formula is C16H29NO3. The molecule has 0 radical (unpaired) electrons. The number of rotatable bonds is 6. The fraction of sp³-hybridized carbons (Fsp3) is 0.875. The van der Waals surface area contributed by atoms with Crippen molar-refractivity contribution in [3.63, 3.8) is 0 Å². The first-order chi connectivity index (χ1) is 9.45. The summed E-state index contributed by atoms with van der Waals surface area (Å²) in [6, 6.07) is 0. The zero-order valence-corrected chi connectivity index (χ0v) is 13.3. The van der Waals surface area contributed by atoms with Gasteiger partial charge in [-0.3, -0.25) is 9.59 Å². The summed E-state index contributed by atoms with van der Waals surface area (Å²) in [4.78, 5) is 23.3. The van der Waals surface area contributed by atoms with Crippen molar-refractivity contribution in [3.05, 3.63) is 0 Å². The third kappa shape index (κ3) is 5.14. The van der Waals surface area contributed by atoms with Crippen LogP contribution in [0.15, 0.2) is 0 Å². The predicted molar refractivity (Wildman–Crippen MR) is 79.1 cm³/mol. The molecule has 0 aromatic heterocycles. The van der Waals surface area contributed by atoms with Crippen LogP contribution in [0.1, 0.15) is 53.4 Å². The molecule has 0 aliphatic heterocycles. The smallest absolute Gasteiger partial charge is 0.305 e. The maximum atomic E-state index is 12.3. The molecule has 0 aromatic rings. The molecule has 116 valence electrons. The largest absolute Gasteiger partial charge is 0.464 e. The standard InChI is InChI=1S/C16H29NO3/c1-5-15(18)20-9-8-17-16(19)14-10-12(4)6-7-13(14)11(2)3/h11-14H,5-10H2,1-4H3,(H,17,19)/t12-,13+,14-/m1/s1. The molecular weight excluding hydrogens is 254 g/mol. The number of carbonyl (C=O) groups excluding carboxylic acids is 2. The minimum Gasteiger partial charge on any atom is -0.464 e. The van der Waals surface area contributed by atoms with Gasteiger partial charge in [-0.2, -0.15) is 0 Å². The lowest BCUT2D eigenvalue weighted by atomic mass is 9.70. The highest BCUT2D eigenvalue weighted by Gasteiger charge is 2.35. The van der Waals surface area contributed by atoms with E-state index in [2.05, 4.69) is 26.1 Å². The Balaban J connectivity index is 2.40. The highest BCUT2D eigenvalue weighted by atomic mass is 16.5. The minimum absolute atomic E-state index is 0.112. The first-order valence-electron chi connectivity index (χ1n) is 7.89. The molecule has 0 heterocycles. The van der Waals surface area contributed by atoms with E-state index in [0.717, 1.165) is 12.8 Å². The van der Waals surface area contributed by atoms with E-state index in [0.29, 0.717) is 30.7 Å². The molecule has 0 spiro atoms. The van der Waals surface area contributed by atoms with Gasteiger partial charge < -0.3 is 10.1 Å². The summed E-state index contributed by atoms with van der Waals surface area (Å²) >= 11 is 0. The molecule has 4 heteroatoms. The van der Waals surface area contributed by atoms with Crippen molar-refractivity contribution >= 4 is 11.9 Å². The fourth-order valence-corrected chi connectivity index (χ4v) is 3.08. The second kappa shape index (κ2) is 8.28. The van der Waals surface area contributed by atoms with Gasteiger partial charge in [-0.15, -0.1) is 0 Å². The molecule has 4 nitrogen and oxygen atoms in total. The number of nitrogens with one attached hydrogen (secondary N) is 1. The third-order valence-electron chi connectivity index (χ3n) is 4.31. The molecule has 0 bridgehead atoms. The number of amides is 1. The summed E-state index contributed by atoms with van der Waals surface area (Å²) in [7, 11) is 0. The number of hydrogen-bond acceptors (Lipinski definition) is 3. The lowest BCUT2D eigenvalue weighted by Crippen LogP contribution is -2.41. The first-order valence-corrected chi connectivity index (χ1v) is 7.89. The van der Waals surface area contributed by atoms with Gasteiger partial charge in [0.2, 0.25) is 5.91 Å². The Hall–Kier alpha value is -1.06. The SMILES string of the molecule is CCC(=O)OCCNC(=O)[C@@H]1C[C@H](C)CC[C@H]1C(C)C. The van der Waals surface area contributed by atoms with E-state index in [-0.39, 0.29) is 24.4 Å². The summed E-state index contributed by atoms with van der Waals surface area (Å²) in [6.07, 6.45) is 3.72. The molecule has 1 N–H and O–H groups in total. The van der Waals surface area contributed by atoms with Gasteiger partial charge >= 0.3 is 5.97 Å². The molecule has 1 aliphatic carbocycles. The fourth-order valence-electron chi connectivity index (χ4n) is 3.08. The van der Waals surface area contributed by atoms with Crippen LogP contribution in [-0.2, 0) is 14.3 Å². The van der Waals surface area contributed by atoms with E-state index in [4.69, 9.17) is 4.74 Å². The van der Waals surface area contributed by atoms with Crippen molar-refractivity contribution in [2.75, 3.05) is 13.2 Å². The number of carbonyl (C=O) groups is 2. The van der Waals surface area contributed by atoms with Gasteiger partial charge in [0.25, 0.3) is 0 Å². The summed E-state index contributed by atoms with van der Waals surface area (Å²) in [6.45, 7) is 9.07. The molecule has 20 heavy (non-hydrogen) atoms.